The molecule has 0 aromatic heterocycles. The quantitative estimate of drug-likeness (QED) is 0.531. The zero-order valence-electron chi connectivity index (χ0n) is 8.41. The molecule has 17 heavy (non-hydrogen) atoms. The molecule has 0 radical (unpaired) electrons. The van der Waals surface area contributed by atoms with Gasteiger partial charge in [-0.15, -0.1) is 0 Å². The number of benzene rings is 1. The van der Waals surface area contributed by atoms with Gasteiger partial charge < -0.3 is 15.3 Å². The van der Waals surface area contributed by atoms with Gasteiger partial charge in [0.25, 0.3) is 5.24 Å². The van der Waals surface area contributed by atoms with Crippen molar-refractivity contribution in [2.24, 2.45) is 0 Å². The monoisotopic (exact) mass is 260 g/mol. The lowest BCUT2D eigenvalue weighted by Crippen LogP contribution is -2.09. The van der Waals surface area contributed by atoms with Crippen molar-refractivity contribution < 1.29 is 29.7 Å². The van der Waals surface area contributed by atoms with Crippen LogP contribution in [0.15, 0.2) is 30.3 Å². The molecule has 0 saturated carbocycles. The number of carbonyl (C=O) groups excluding carboxylic acids is 1. The Balaban J connectivity index is 0.000000366. The van der Waals surface area contributed by atoms with Gasteiger partial charge in [0.1, 0.15) is 0 Å². The second-order valence-corrected chi connectivity index (χ2v) is 3.10. The third kappa shape index (κ3) is 6.29. The largest absolute Gasteiger partial charge is 0.473 e. The fourth-order valence-electron chi connectivity index (χ4n) is 0.766. The van der Waals surface area contributed by atoms with Gasteiger partial charge in [-0.2, -0.15) is 0 Å². The highest BCUT2D eigenvalue weighted by Crippen LogP contribution is 2.14. The number of hydrogen-bond acceptors (Lipinski definition) is 4. The second kappa shape index (κ2) is 7.37. The zero-order valence-corrected chi connectivity index (χ0v) is 9.16. The molecule has 0 spiro atoms. The van der Waals surface area contributed by atoms with Crippen LogP contribution in [-0.4, -0.2) is 32.5 Å². The van der Waals surface area contributed by atoms with E-state index in [0.29, 0.717) is 5.56 Å². The number of aliphatic hydroxyl groups excluding tert-OH is 1. The lowest BCUT2D eigenvalue weighted by Gasteiger charge is -2.03. The van der Waals surface area contributed by atoms with Crippen LogP contribution in [-0.2, 0) is 14.4 Å². The normalized spacial score (nSPS) is 10.7. The van der Waals surface area contributed by atoms with E-state index in [1.165, 1.54) is 0 Å². The van der Waals surface area contributed by atoms with Crippen LogP contribution in [0.1, 0.15) is 11.7 Å². The van der Waals surface area contributed by atoms with E-state index in [-0.39, 0.29) is 0 Å². The summed E-state index contributed by atoms with van der Waals surface area (Å²) in [6, 6.07) is 8.56. The van der Waals surface area contributed by atoms with Crippen LogP contribution in [0, 0.1) is 0 Å². The molecular weight excluding hydrogens is 252 g/mol. The van der Waals surface area contributed by atoms with Gasteiger partial charge in [0, 0.05) is 0 Å². The Kier molecular flexibility index (Phi) is 6.54. The highest BCUT2D eigenvalue weighted by Gasteiger charge is 2.13. The molecule has 0 unspecified atom stereocenters. The van der Waals surface area contributed by atoms with Gasteiger partial charge in [-0.25, -0.2) is 9.59 Å². The summed E-state index contributed by atoms with van der Waals surface area (Å²) >= 11 is 5.07. The van der Waals surface area contributed by atoms with Gasteiger partial charge in [0.15, 0.2) is 6.10 Å². The zero-order chi connectivity index (χ0) is 13.4. The fraction of sp³-hybridized carbons (Fsp3) is 0.100. The fourth-order valence-corrected chi connectivity index (χ4v) is 0.892. The lowest BCUT2D eigenvalue weighted by molar-refractivity contribution is -0.159. The van der Waals surface area contributed by atoms with Crippen molar-refractivity contribution in [2.75, 3.05) is 0 Å². The summed E-state index contributed by atoms with van der Waals surface area (Å²) in [7, 11) is 0. The third-order valence-electron chi connectivity index (χ3n) is 1.51. The van der Waals surface area contributed by atoms with Crippen molar-refractivity contribution in [3.63, 3.8) is 0 Å². The van der Waals surface area contributed by atoms with Crippen molar-refractivity contribution in [2.45, 2.75) is 6.10 Å². The molecule has 0 saturated heterocycles. The minimum Gasteiger partial charge on any atom is -0.473 e. The lowest BCUT2D eigenvalue weighted by atomic mass is 10.1. The molecule has 3 N–H and O–H groups in total. The predicted octanol–water partition coefficient (Wildman–Crippen LogP) is 0.641. The number of aliphatic hydroxyl groups is 1. The Bertz CT molecular complexity index is 391. The van der Waals surface area contributed by atoms with E-state index in [1.807, 2.05) is 0 Å². The SMILES string of the molecule is O=C(Cl)[C@H](O)c1ccccc1.O=C(O)C(=O)O. The maximum absolute atomic E-state index is 10.5. The van der Waals surface area contributed by atoms with Gasteiger partial charge in [-0.3, -0.25) is 4.79 Å². The van der Waals surface area contributed by atoms with Crippen molar-refractivity contribution in [1.29, 1.82) is 0 Å². The molecule has 0 amide bonds. The topological polar surface area (TPSA) is 112 Å². The van der Waals surface area contributed by atoms with Crippen LogP contribution >= 0.6 is 11.6 Å². The first-order valence-corrected chi connectivity index (χ1v) is 4.62. The Labute approximate surface area is 101 Å². The summed E-state index contributed by atoms with van der Waals surface area (Å²) in [5.74, 6) is -3.65. The Morgan fingerprint density at radius 1 is 1.00 bits per heavy atom. The summed E-state index contributed by atoms with van der Waals surface area (Å²) in [6.45, 7) is 0. The Morgan fingerprint density at radius 2 is 1.41 bits per heavy atom. The van der Waals surface area contributed by atoms with Gasteiger partial charge in [-0.05, 0) is 17.2 Å². The molecule has 6 nitrogen and oxygen atoms in total. The predicted molar refractivity (Wildman–Crippen MR) is 57.5 cm³/mol. The molecule has 0 aliphatic carbocycles. The van der Waals surface area contributed by atoms with E-state index in [1.54, 1.807) is 30.3 Å². The number of hydrogen-bond donors (Lipinski definition) is 3. The van der Waals surface area contributed by atoms with E-state index in [2.05, 4.69) is 0 Å². The average Bonchev–Trinajstić information content (AvgIpc) is 2.29. The van der Waals surface area contributed by atoms with Crippen LogP contribution in [0.2, 0.25) is 0 Å². The summed E-state index contributed by atoms with van der Waals surface area (Å²) in [4.78, 5) is 28.7. The van der Waals surface area contributed by atoms with E-state index in [0.717, 1.165) is 0 Å². The highest BCUT2D eigenvalue weighted by atomic mass is 35.5. The first kappa shape index (κ1) is 15.1. The molecule has 0 bridgehead atoms. The number of carboxylic acids is 2. The van der Waals surface area contributed by atoms with Gasteiger partial charge in [-0.1, -0.05) is 30.3 Å². The first-order valence-electron chi connectivity index (χ1n) is 4.24. The van der Waals surface area contributed by atoms with E-state index >= 15 is 0 Å². The molecule has 1 atom stereocenters. The number of carboxylic acid groups (broad SMARTS) is 2. The molecule has 7 heteroatoms. The highest BCUT2D eigenvalue weighted by molar-refractivity contribution is 6.64. The minimum atomic E-state index is -1.82. The molecule has 1 aromatic rings. The molecule has 1 aromatic carbocycles. The standard InChI is InChI=1S/C8H7ClO2.C2H2O4/c9-8(11)7(10)6-4-2-1-3-5-6;3-1(4)2(5)6/h1-5,7,10H;(H,3,4)(H,5,6)/t7-;/m1./s1. The summed E-state index contributed by atoms with van der Waals surface area (Å²) in [5, 5.41) is 23.1. The van der Waals surface area contributed by atoms with Gasteiger partial charge in [0.2, 0.25) is 0 Å². The van der Waals surface area contributed by atoms with Crippen molar-refractivity contribution in [3.8, 4) is 0 Å². The van der Waals surface area contributed by atoms with Gasteiger partial charge >= 0.3 is 11.9 Å². The number of aliphatic carboxylic acids is 2. The van der Waals surface area contributed by atoms with Gasteiger partial charge in [0.05, 0.1) is 0 Å². The van der Waals surface area contributed by atoms with Crippen LogP contribution < -0.4 is 0 Å². The maximum Gasteiger partial charge on any atom is 0.414 e. The summed E-state index contributed by atoms with van der Waals surface area (Å²) < 4.78 is 0. The summed E-state index contributed by atoms with van der Waals surface area (Å²) in [6.07, 6.45) is -1.20. The molecule has 0 fully saturated rings. The van der Waals surface area contributed by atoms with E-state index in [4.69, 9.17) is 36.5 Å². The smallest absolute Gasteiger partial charge is 0.414 e. The maximum atomic E-state index is 10.5. The van der Waals surface area contributed by atoms with Crippen LogP contribution in [0.4, 0.5) is 0 Å². The molecule has 0 heterocycles. The molecular formula is C10H9ClO6. The Morgan fingerprint density at radius 3 is 1.71 bits per heavy atom. The molecule has 92 valence electrons. The number of carbonyl (C=O) groups is 3. The minimum absolute atomic E-state index is 0.521. The van der Waals surface area contributed by atoms with Crippen molar-refractivity contribution in [3.05, 3.63) is 35.9 Å². The Hall–Kier alpha value is -1.92. The van der Waals surface area contributed by atoms with E-state index in [9.17, 15) is 4.79 Å². The van der Waals surface area contributed by atoms with Crippen LogP contribution in [0.25, 0.3) is 0 Å². The molecule has 1 rings (SSSR count). The van der Waals surface area contributed by atoms with Crippen molar-refractivity contribution >= 4 is 28.8 Å². The van der Waals surface area contributed by atoms with Crippen LogP contribution in [0.5, 0.6) is 0 Å². The number of rotatable bonds is 2. The molecule has 0 aliphatic rings. The van der Waals surface area contributed by atoms with Crippen molar-refractivity contribution in [1.82, 2.24) is 0 Å². The average molecular weight is 261 g/mol. The summed E-state index contributed by atoms with van der Waals surface area (Å²) in [5.41, 5.74) is 0.521. The number of halogens is 1. The second-order valence-electron chi connectivity index (χ2n) is 2.73. The van der Waals surface area contributed by atoms with Crippen LogP contribution in [0.3, 0.4) is 0 Å². The van der Waals surface area contributed by atoms with E-state index < -0.39 is 23.3 Å². The molecule has 0 aliphatic heterocycles. The first-order chi connectivity index (χ1) is 7.86. The third-order valence-corrected chi connectivity index (χ3v) is 1.72.